The Morgan fingerprint density at radius 2 is 1.58 bits per heavy atom. The van der Waals surface area contributed by atoms with Gasteiger partial charge in [0, 0.05) is 17.3 Å². The molecule has 4 nitrogen and oxygen atoms in total. The van der Waals surface area contributed by atoms with Gasteiger partial charge >= 0.3 is 0 Å². The van der Waals surface area contributed by atoms with Crippen molar-refractivity contribution in [2.24, 2.45) is 5.10 Å². The zero-order valence-corrected chi connectivity index (χ0v) is 15.4. The van der Waals surface area contributed by atoms with Crippen molar-refractivity contribution in [3.8, 4) is 5.75 Å². The zero-order valence-electron chi connectivity index (χ0n) is 15.4. The van der Waals surface area contributed by atoms with Gasteiger partial charge in [0.15, 0.2) is 0 Å². The summed E-state index contributed by atoms with van der Waals surface area (Å²) >= 11 is 0. The van der Waals surface area contributed by atoms with Crippen molar-refractivity contribution in [2.45, 2.75) is 52.4 Å². The molecule has 0 amide bonds. The number of aromatic nitrogens is 1. The largest absolute Gasteiger partial charge is 0.507 e. The van der Waals surface area contributed by atoms with Crippen molar-refractivity contribution < 1.29 is 5.11 Å². The molecule has 24 heavy (non-hydrogen) atoms. The predicted octanol–water partition coefficient (Wildman–Crippen LogP) is 4.83. The number of pyridine rings is 1. The summed E-state index contributed by atoms with van der Waals surface area (Å²) in [5.41, 5.74) is 5.42. The van der Waals surface area contributed by atoms with Crippen LogP contribution in [0.5, 0.6) is 5.75 Å². The number of rotatable bonds is 3. The minimum Gasteiger partial charge on any atom is -0.507 e. The number of hydrazone groups is 1. The van der Waals surface area contributed by atoms with Crippen LogP contribution in [0, 0.1) is 0 Å². The Labute approximate surface area is 144 Å². The lowest BCUT2D eigenvalue weighted by atomic mass is 9.78. The topological polar surface area (TPSA) is 57.5 Å². The Morgan fingerprint density at radius 3 is 2.04 bits per heavy atom. The molecule has 0 aliphatic heterocycles. The minimum absolute atomic E-state index is 0.150. The van der Waals surface area contributed by atoms with Gasteiger partial charge in [-0.25, -0.2) is 4.98 Å². The maximum absolute atomic E-state index is 10.7. The van der Waals surface area contributed by atoms with Gasteiger partial charge in [-0.15, -0.1) is 0 Å². The average molecular weight is 325 g/mol. The average Bonchev–Trinajstić information content (AvgIpc) is 2.47. The number of aromatic hydroxyl groups is 1. The molecule has 0 spiro atoms. The highest BCUT2D eigenvalue weighted by molar-refractivity contribution is 5.82. The van der Waals surface area contributed by atoms with Gasteiger partial charge in [-0.2, -0.15) is 5.10 Å². The Kier molecular flexibility index (Phi) is 4.97. The number of benzene rings is 1. The van der Waals surface area contributed by atoms with E-state index in [1.54, 1.807) is 12.4 Å². The highest BCUT2D eigenvalue weighted by atomic mass is 16.3. The van der Waals surface area contributed by atoms with Gasteiger partial charge in [-0.05, 0) is 40.7 Å². The SMILES string of the molecule is CC(C)(C)c1cc(C=NNc2ccccn2)cc(C(C)(C)C)c1O. The summed E-state index contributed by atoms with van der Waals surface area (Å²) < 4.78 is 0. The van der Waals surface area contributed by atoms with Crippen LogP contribution in [0.4, 0.5) is 5.82 Å². The number of anilines is 1. The van der Waals surface area contributed by atoms with Crippen molar-refractivity contribution in [3.63, 3.8) is 0 Å². The van der Waals surface area contributed by atoms with Crippen LogP contribution in [0.3, 0.4) is 0 Å². The van der Waals surface area contributed by atoms with Crippen LogP contribution in [-0.2, 0) is 10.8 Å². The fourth-order valence-corrected chi connectivity index (χ4v) is 2.48. The monoisotopic (exact) mass is 325 g/mol. The Morgan fingerprint density at radius 1 is 1.00 bits per heavy atom. The molecule has 0 aliphatic rings. The summed E-state index contributed by atoms with van der Waals surface area (Å²) in [5.74, 6) is 1.07. The van der Waals surface area contributed by atoms with E-state index in [9.17, 15) is 5.11 Å². The number of nitrogens with one attached hydrogen (secondary N) is 1. The molecule has 1 aromatic carbocycles. The summed E-state index contributed by atoms with van der Waals surface area (Å²) in [5, 5.41) is 15.0. The third-order valence-electron chi connectivity index (χ3n) is 3.81. The molecule has 4 heteroatoms. The first-order chi connectivity index (χ1) is 11.1. The first kappa shape index (κ1) is 18.0. The lowest BCUT2D eigenvalue weighted by Gasteiger charge is -2.27. The molecular weight excluding hydrogens is 298 g/mol. The fourth-order valence-electron chi connectivity index (χ4n) is 2.48. The predicted molar refractivity (Wildman–Crippen MR) is 101 cm³/mol. The molecule has 2 N–H and O–H groups in total. The van der Waals surface area contributed by atoms with Crippen LogP contribution in [0.25, 0.3) is 0 Å². The molecule has 0 saturated carbocycles. The van der Waals surface area contributed by atoms with Crippen LogP contribution in [0.1, 0.15) is 58.2 Å². The summed E-state index contributed by atoms with van der Waals surface area (Å²) in [4.78, 5) is 4.17. The maximum Gasteiger partial charge on any atom is 0.146 e. The summed E-state index contributed by atoms with van der Waals surface area (Å²) in [6, 6.07) is 9.61. The number of phenols is 1. The van der Waals surface area contributed by atoms with Gasteiger partial charge in [0.05, 0.1) is 6.21 Å². The number of hydrogen-bond acceptors (Lipinski definition) is 4. The molecule has 0 fully saturated rings. The van der Waals surface area contributed by atoms with Crippen molar-refractivity contribution >= 4 is 12.0 Å². The normalized spacial score (nSPS) is 12.6. The number of hydrogen-bond donors (Lipinski definition) is 2. The highest BCUT2D eigenvalue weighted by Gasteiger charge is 2.26. The quantitative estimate of drug-likeness (QED) is 0.628. The highest BCUT2D eigenvalue weighted by Crippen LogP contribution is 2.39. The zero-order chi connectivity index (χ0) is 18.0. The summed E-state index contributed by atoms with van der Waals surface area (Å²) in [6.45, 7) is 12.6. The van der Waals surface area contributed by atoms with Gasteiger partial charge in [-0.3, -0.25) is 5.43 Å². The third-order valence-corrected chi connectivity index (χ3v) is 3.81. The minimum atomic E-state index is -0.150. The van der Waals surface area contributed by atoms with E-state index in [0.717, 1.165) is 16.7 Å². The lowest BCUT2D eigenvalue weighted by molar-refractivity contribution is 0.423. The van der Waals surface area contributed by atoms with E-state index in [0.29, 0.717) is 11.6 Å². The second-order valence-electron chi connectivity index (χ2n) is 8.05. The van der Waals surface area contributed by atoms with Crippen LogP contribution in [0.15, 0.2) is 41.6 Å². The molecule has 1 aromatic heterocycles. The maximum atomic E-state index is 10.7. The van der Waals surface area contributed by atoms with Gasteiger partial charge in [-0.1, -0.05) is 47.6 Å². The van der Waals surface area contributed by atoms with Crippen molar-refractivity contribution in [1.82, 2.24) is 4.98 Å². The van der Waals surface area contributed by atoms with Crippen molar-refractivity contribution in [2.75, 3.05) is 5.43 Å². The Balaban J connectivity index is 2.39. The second kappa shape index (κ2) is 6.63. The smallest absolute Gasteiger partial charge is 0.146 e. The molecule has 1 heterocycles. The van der Waals surface area contributed by atoms with Gasteiger partial charge < -0.3 is 5.11 Å². The molecule has 0 unspecified atom stereocenters. The second-order valence-corrected chi connectivity index (χ2v) is 8.05. The van der Waals surface area contributed by atoms with E-state index >= 15 is 0 Å². The number of phenolic OH excluding ortho intramolecular Hbond substituents is 1. The molecular formula is C20H27N3O. The van der Waals surface area contributed by atoms with Crippen molar-refractivity contribution in [1.29, 1.82) is 0 Å². The van der Waals surface area contributed by atoms with E-state index in [4.69, 9.17) is 0 Å². The van der Waals surface area contributed by atoms with E-state index in [1.807, 2.05) is 30.3 Å². The first-order valence-corrected chi connectivity index (χ1v) is 8.17. The van der Waals surface area contributed by atoms with E-state index in [2.05, 4.69) is 57.1 Å². The van der Waals surface area contributed by atoms with Crippen LogP contribution < -0.4 is 5.43 Å². The van der Waals surface area contributed by atoms with E-state index in [1.165, 1.54) is 0 Å². The van der Waals surface area contributed by atoms with E-state index in [-0.39, 0.29) is 10.8 Å². The first-order valence-electron chi connectivity index (χ1n) is 8.17. The molecule has 0 aliphatic carbocycles. The fraction of sp³-hybridized carbons (Fsp3) is 0.400. The Bertz CT molecular complexity index is 688. The lowest BCUT2D eigenvalue weighted by Crippen LogP contribution is -2.18. The molecule has 0 bridgehead atoms. The standard InChI is InChI=1S/C20H27N3O/c1-19(2,3)15-11-14(12-16(18(15)24)20(4,5)6)13-22-23-17-9-7-8-10-21-17/h7-13,24H,1-6H3,(H,21,23). The van der Waals surface area contributed by atoms with E-state index < -0.39 is 0 Å². The third kappa shape index (κ3) is 4.34. The molecule has 2 rings (SSSR count). The van der Waals surface area contributed by atoms with Gasteiger partial charge in [0.2, 0.25) is 0 Å². The van der Waals surface area contributed by atoms with Crippen LogP contribution >= 0.6 is 0 Å². The summed E-state index contributed by atoms with van der Waals surface area (Å²) in [7, 11) is 0. The Hall–Kier alpha value is -2.36. The summed E-state index contributed by atoms with van der Waals surface area (Å²) in [6.07, 6.45) is 3.48. The molecule has 2 aromatic rings. The van der Waals surface area contributed by atoms with Gasteiger partial charge in [0.1, 0.15) is 11.6 Å². The van der Waals surface area contributed by atoms with Crippen molar-refractivity contribution in [3.05, 3.63) is 53.2 Å². The number of nitrogens with zero attached hydrogens (tertiary/aromatic N) is 2. The molecule has 0 saturated heterocycles. The van der Waals surface area contributed by atoms with Crippen LogP contribution in [0.2, 0.25) is 0 Å². The molecule has 0 atom stereocenters. The molecule has 128 valence electrons. The van der Waals surface area contributed by atoms with Crippen LogP contribution in [-0.4, -0.2) is 16.3 Å². The van der Waals surface area contributed by atoms with Gasteiger partial charge in [0.25, 0.3) is 0 Å². The molecule has 0 radical (unpaired) electrons.